The Kier molecular flexibility index (Phi) is 5.92. The third-order valence-electron chi connectivity index (χ3n) is 5.08. The summed E-state index contributed by atoms with van der Waals surface area (Å²) in [6, 6.07) is 10.9. The second kappa shape index (κ2) is 8.37. The van der Waals surface area contributed by atoms with E-state index in [0.29, 0.717) is 18.4 Å². The summed E-state index contributed by atoms with van der Waals surface area (Å²) in [5.41, 5.74) is -0.282. The average molecular weight is 389 g/mol. The number of carboxylic acid groups (broad SMARTS) is 1. The van der Waals surface area contributed by atoms with Crippen LogP contribution in [0.5, 0.6) is 5.75 Å². The molecule has 2 aromatic carbocycles. The van der Waals surface area contributed by atoms with Crippen molar-refractivity contribution in [2.45, 2.75) is 37.2 Å². The second-order valence-electron chi connectivity index (χ2n) is 6.91. The highest BCUT2D eigenvalue weighted by atomic mass is 19.1. The smallest absolute Gasteiger partial charge is 0.346 e. The number of ether oxygens (including phenoxy) is 1. The zero-order chi connectivity index (χ0) is 20.1. The Morgan fingerprint density at radius 2 is 1.75 bits per heavy atom. The van der Waals surface area contributed by atoms with Gasteiger partial charge in [-0.05, 0) is 54.8 Å². The van der Waals surface area contributed by atoms with E-state index in [-0.39, 0.29) is 18.2 Å². The summed E-state index contributed by atoms with van der Waals surface area (Å²) in [4.78, 5) is 24.5. The van der Waals surface area contributed by atoms with Gasteiger partial charge in [0.1, 0.15) is 17.4 Å². The van der Waals surface area contributed by atoms with Gasteiger partial charge in [-0.3, -0.25) is 4.79 Å². The van der Waals surface area contributed by atoms with E-state index >= 15 is 0 Å². The fourth-order valence-electron chi connectivity index (χ4n) is 3.62. The van der Waals surface area contributed by atoms with E-state index in [1.807, 2.05) is 0 Å². The lowest BCUT2D eigenvalue weighted by Crippen LogP contribution is -2.47. The molecule has 0 radical (unpaired) electrons. The van der Waals surface area contributed by atoms with Gasteiger partial charge >= 0.3 is 5.97 Å². The summed E-state index contributed by atoms with van der Waals surface area (Å²) >= 11 is 0. The van der Waals surface area contributed by atoms with Crippen molar-refractivity contribution in [2.75, 3.05) is 6.54 Å². The third-order valence-corrected chi connectivity index (χ3v) is 5.08. The number of aliphatic carboxylic acids is 1. The number of hydrogen-bond donors (Lipinski definition) is 2. The van der Waals surface area contributed by atoms with Crippen LogP contribution in [-0.2, 0) is 15.0 Å². The van der Waals surface area contributed by atoms with E-state index in [9.17, 15) is 23.5 Å². The molecule has 3 rings (SSSR count). The maximum Gasteiger partial charge on any atom is 0.346 e. The summed E-state index contributed by atoms with van der Waals surface area (Å²) in [7, 11) is 0. The Hall–Kier alpha value is -2.96. The van der Waals surface area contributed by atoms with Gasteiger partial charge in [0.05, 0.1) is 12.0 Å². The van der Waals surface area contributed by atoms with E-state index in [2.05, 4.69) is 5.32 Å². The normalized spacial score (nSPS) is 16.4. The molecule has 2 aromatic rings. The lowest BCUT2D eigenvalue weighted by atomic mass is 9.78. The van der Waals surface area contributed by atoms with Crippen molar-refractivity contribution in [3.63, 3.8) is 0 Å². The molecule has 1 unspecified atom stereocenters. The standard InChI is InChI=1S/C21H21F2NO4/c22-15-6-8-17(9-7-15)28-18(19(25)26)13-24-20(27)21(10-1-2-11-21)14-4-3-5-16(23)12-14/h3-9,12,18H,1-2,10-11,13H2,(H,24,27)(H,25,26). The number of carbonyl (C=O) groups excluding carboxylic acids is 1. The number of nitrogens with one attached hydrogen (secondary N) is 1. The van der Waals surface area contributed by atoms with Crippen molar-refractivity contribution < 1.29 is 28.2 Å². The van der Waals surface area contributed by atoms with E-state index in [0.717, 1.165) is 25.0 Å². The summed E-state index contributed by atoms with van der Waals surface area (Å²) in [6.07, 6.45) is 1.47. The van der Waals surface area contributed by atoms with Crippen molar-refractivity contribution in [2.24, 2.45) is 0 Å². The molecule has 2 N–H and O–H groups in total. The summed E-state index contributed by atoms with van der Waals surface area (Å²) in [5.74, 6) is -2.30. The van der Waals surface area contributed by atoms with Crippen LogP contribution in [0.25, 0.3) is 0 Å². The molecular weight excluding hydrogens is 368 g/mol. The molecule has 1 amide bonds. The topological polar surface area (TPSA) is 75.6 Å². The minimum absolute atomic E-state index is 0.184. The summed E-state index contributed by atoms with van der Waals surface area (Å²) < 4.78 is 32.0. The highest BCUT2D eigenvalue weighted by Crippen LogP contribution is 2.41. The first-order valence-electron chi connectivity index (χ1n) is 9.10. The predicted molar refractivity (Wildman–Crippen MR) is 98.0 cm³/mol. The predicted octanol–water partition coefficient (Wildman–Crippen LogP) is 3.43. The van der Waals surface area contributed by atoms with Gasteiger partial charge in [0.15, 0.2) is 0 Å². The number of carbonyl (C=O) groups is 2. The van der Waals surface area contributed by atoms with Crippen molar-refractivity contribution in [3.05, 3.63) is 65.7 Å². The van der Waals surface area contributed by atoms with Crippen LogP contribution in [0, 0.1) is 11.6 Å². The fourth-order valence-corrected chi connectivity index (χ4v) is 3.62. The number of rotatable bonds is 7. The van der Waals surface area contributed by atoms with Crippen LogP contribution >= 0.6 is 0 Å². The van der Waals surface area contributed by atoms with Gasteiger partial charge in [0, 0.05) is 0 Å². The van der Waals surface area contributed by atoms with Crippen LogP contribution in [0.4, 0.5) is 8.78 Å². The Morgan fingerprint density at radius 1 is 1.07 bits per heavy atom. The quantitative estimate of drug-likeness (QED) is 0.761. The van der Waals surface area contributed by atoms with E-state index < -0.39 is 29.1 Å². The Morgan fingerprint density at radius 3 is 2.36 bits per heavy atom. The Bertz CT molecular complexity index is 848. The van der Waals surface area contributed by atoms with Crippen LogP contribution in [0.1, 0.15) is 31.2 Å². The van der Waals surface area contributed by atoms with Crippen molar-refractivity contribution in [3.8, 4) is 5.75 Å². The van der Waals surface area contributed by atoms with Crippen LogP contribution in [0.2, 0.25) is 0 Å². The molecule has 5 nitrogen and oxygen atoms in total. The number of halogens is 2. The molecular formula is C21H21F2NO4. The maximum absolute atomic E-state index is 13.7. The molecule has 0 aliphatic heterocycles. The van der Waals surface area contributed by atoms with Gasteiger partial charge in [-0.15, -0.1) is 0 Å². The Labute approximate surface area is 161 Å². The molecule has 148 valence electrons. The minimum Gasteiger partial charge on any atom is -0.478 e. The highest BCUT2D eigenvalue weighted by Gasteiger charge is 2.43. The molecule has 7 heteroatoms. The van der Waals surface area contributed by atoms with Crippen LogP contribution in [-0.4, -0.2) is 29.6 Å². The molecule has 0 bridgehead atoms. The zero-order valence-corrected chi connectivity index (χ0v) is 15.2. The van der Waals surface area contributed by atoms with Gasteiger partial charge < -0.3 is 15.2 Å². The van der Waals surface area contributed by atoms with Crippen molar-refractivity contribution in [1.82, 2.24) is 5.32 Å². The van der Waals surface area contributed by atoms with Gasteiger partial charge in [-0.25, -0.2) is 13.6 Å². The summed E-state index contributed by atoms with van der Waals surface area (Å²) in [5, 5.41) is 12.0. The number of amides is 1. The highest BCUT2D eigenvalue weighted by molar-refractivity contribution is 5.89. The molecule has 0 spiro atoms. The molecule has 28 heavy (non-hydrogen) atoms. The van der Waals surface area contributed by atoms with Crippen LogP contribution in [0.3, 0.4) is 0 Å². The molecule has 0 saturated heterocycles. The van der Waals surface area contributed by atoms with Gasteiger partial charge in [0.2, 0.25) is 12.0 Å². The number of carboxylic acids is 1. The lowest BCUT2D eigenvalue weighted by molar-refractivity contribution is -0.145. The monoisotopic (exact) mass is 389 g/mol. The number of hydrogen-bond acceptors (Lipinski definition) is 3. The first kappa shape index (κ1) is 19.8. The van der Waals surface area contributed by atoms with Crippen molar-refractivity contribution >= 4 is 11.9 Å². The molecule has 0 heterocycles. The van der Waals surface area contributed by atoms with Gasteiger partial charge in [-0.1, -0.05) is 25.0 Å². The van der Waals surface area contributed by atoms with Gasteiger partial charge in [-0.2, -0.15) is 0 Å². The first-order chi connectivity index (χ1) is 13.4. The van der Waals surface area contributed by atoms with Crippen LogP contribution < -0.4 is 10.1 Å². The number of benzene rings is 2. The van der Waals surface area contributed by atoms with Crippen LogP contribution in [0.15, 0.2) is 48.5 Å². The first-order valence-corrected chi connectivity index (χ1v) is 9.10. The van der Waals surface area contributed by atoms with Crippen molar-refractivity contribution in [1.29, 1.82) is 0 Å². The van der Waals surface area contributed by atoms with Gasteiger partial charge in [0.25, 0.3) is 0 Å². The lowest BCUT2D eigenvalue weighted by Gasteiger charge is -2.29. The van der Waals surface area contributed by atoms with E-state index in [1.165, 1.54) is 24.3 Å². The third kappa shape index (κ3) is 4.30. The molecule has 1 saturated carbocycles. The molecule has 0 aromatic heterocycles. The zero-order valence-electron chi connectivity index (χ0n) is 15.2. The van der Waals surface area contributed by atoms with E-state index in [4.69, 9.17) is 4.74 Å². The SMILES string of the molecule is O=C(O)C(CNC(=O)C1(c2cccc(F)c2)CCCC1)Oc1ccc(F)cc1. The Balaban J connectivity index is 1.72. The molecule has 1 aliphatic rings. The second-order valence-corrected chi connectivity index (χ2v) is 6.91. The molecule has 1 atom stereocenters. The average Bonchev–Trinajstić information content (AvgIpc) is 3.17. The minimum atomic E-state index is -1.33. The maximum atomic E-state index is 13.7. The molecule has 1 fully saturated rings. The molecule has 1 aliphatic carbocycles. The van der Waals surface area contributed by atoms with E-state index in [1.54, 1.807) is 12.1 Å². The largest absolute Gasteiger partial charge is 0.478 e. The fraction of sp³-hybridized carbons (Fsp3) is 0.333. The summed E-state index contributed by atoms with van der Waals surface area (Å²) in [6.45, 7) is -0.261.